The Hall–Kier alpha value is -2.13. The minimum atomic E-state index is -0.675. The summed E-state index contributed by atoms with van der Waals surface area (Å²) in [5, 5.41) is 10.4. The van der Waals surface area contributed by atoms with Crippen molar-refractivity contribution in [2.45, 2.75) is 32.5 Å². The van der Waals surface area contributed by atoms with Crippen LogP contribution >= 0.6 is 0 Å². The Morgan fingerprint density at radius 3 is 1.95 bits per heavy atom. The van der Waals surface area contributed by atoms with Crippen LogP contribution in [0.3, 0.4) is 0 Å². The van der Waals surface area contributed by atoms with Crippen molar-refractivity contribution in [3.8, 4) is 0 Å². The molecule has 0 bridgehead atoms. The zero-order valence-corrected chi connectivity index (χ0v) is 13.0. The molecule has 116 valence electrons. The van der Waals surface area contributed by atoms with Gasteiger partial charge in [-0.25, -0.2) is 0 Å². The van der Waals surface area contributed by atoms with Crippen LogP contribution in [-0.4, -0.2) is 11.1 Å². The van der Waals surface area contributed by atoms with Crippen LogP contribution in [0.15, 0.2) is 60.7 Å². The Kier molecular flexibility index (Phi) is 5.73. The van der Waals surface area contributed by atoms with E-state index in [1.165, 1.54) is 0 Å². The third kappa shape index (κ3) is 4.43. The molecule has 2 rings (SSSR count). The van der Waals surface area contributed by atoms with E-state index in [1.807, 2.05) is 60.7 Å². The van der Waals surface area contributed by atoms with Crippen molar-refractivity contribution in [3.05, 3.63) is 71.8 Å². The fraction of sp³-hybridized carbons (Fsp3) is 0.316. The molecular weight excluding hydrogens is 276 g/mol. The maximum absolute atomic E-state index is 11.9. The molecule has 2 aromatic rings. The van der Waals surface area contributed by atoms with Gasteiger partial charge < -0.3 is 9.84 Å². The standard InChI is InChI=1S/C19H22O3/c1-14(2)19(21)22-18(16-11-7-4-8-12-16)13-17(20)15-9-5-3-6-10-15/h3-12,14,17-18,20H,13H2,1-2H3/t17-,18+/m0/s1. The third-order valence-electron chi connectivity index (χ3n) is 3.52. The van der Waals surface area contributed by atoms with E-state index in [9.17, 15) is 9.90 Å². The number of hydrogen-bond donors (Lipinski definition) is 1. The minimum absolute atomic E-state index is 0.194. The highest BCUT2D eigenvalue weighted by molar-refractivity contribution is 5.71. The summed E-state index contributed by atoms with van der Waals surface area (Å²) in [4.78, 5) is 11.9. The number of hydrogen-bond acceptors (Lipinski definition) is 3. The second-order valence-electron chi connectivity index (χ2n) is 5.65. The van der Waals surface area contributed by atoms with E-state index >= 15 is 0 Å². The average Bonchev–Trinajstić information content (AvgIpc) is 2.55. The van der Waals surface area contributed by atoms with Crippen LogP contribution in [0.4, 0.5) is 0 Å². The molecule has 0 aromatic heterocycles. The van der Waals surface area contributed by atoms with Crippen molar-refractivity contribution in [2.24, 2.45) is 5.92 Å². The minimum Gasteiger partial charge on any atom is -0.457 e. The average molecular weight is 298 g/mol. The van der Waals surface area contributed by atoms with E-state index in [0.29, 0.717) is 6.42 Å². The molecule has 0 aliphatic heterocycles. The zero-order chi connectivity index (χ0) is 15.9. The number of ether oxygens (including phenoxy) is 1. The van der Waals surface area contributed by atoms with Crippen molar-refractivity contribution in [1.82, 2.24) is 0 Å². The molecule has 0 saturated carbocycles. The molecule has 0 aliphatic carbocycles. The summed E-state index contributed by atoms with van der Waals surface area (Å²) in [6, 6.07) is 19.0. The van der Waals surface area contributed by atoms with Gasteiger partial charge in [-0.2, -0.15) is 0 Å². The van der Waals surface area contributed by atoms with E-state index in [1.54, 1.807) is 13.8 Å². The van der Waals surface area contributed by atoms with Gasteiger partial charge in [0.15, 0.2) is 0 Å². The number of aliphatic hydroxyl groups is 1. The molecular formula is C19H22O3. The van der Waals surface area contributed by atoms with Crippen LogP contribution in [-0.2, 0) is 9.53 Å². The number of aliphatic hydroxyl groups excluding tert-OH is 1. The van der Waals surface area contributed by atoms with Gasteiger partial charge in [-0.1, -0.05) is 74.5 Å². The van der Waals surface area contributed by atoms with Crippen molar-refractivity contribution >= 4 is 5.97 Å². The summed E-state index contributed by atoms with van der Waals surface area (Å²) in [6.45, 7) is 3.61. The first kappa shape index (κ1) is 16.2. The SMILES string of the molecule is CC(C)C(=O)O[C@H](C[C@H](O)c1ccccc1)c1ccccc1. The Morgan fingerprint density at radius 2 is 1.45 bits per heavy atom. The Labute approximate surface area is 131 Å². The zero-order valence-electron chi connectivity index (χ0n) is 13.0. The van der Waals surface area contributed by atoms with E-state index in [-0.39, 0.29) is 11.9 Å². The molecule has 0 saturated heterocycles. The first-order valence-electron chi connectivity index (χ1n) is 7.56. The first-order chi connectivity index (χ1) is 10.6. The van der Waals surface area contributed by atoms with Crippen LogP contribution in [0, 0.1) is 5.92 Å². The topological polar surface area (TPSA) is 46.5 Å². The quantitative estimate of drug-likeness (QED) is 0.818. The maximum atomic E-state index is 11.9. The monoisotopic (exact) mass is 298 g/mol. The van der Waals surface area contributed by atoms with Gasteiger partial charge in [-0.3, -0.25) is 4.79 Å². The van der Waals surface area contributed by atoms with Gasteiger partial charge in [0.1, 0.15) is 6.10 Å². The highest BCUT2D eigenvalue weighted by Crippen LogP contribution is 2.30. The van der Waals surface area contributed by atoms with Crippen molar-refractivity contribution < 1.29 is 14.6 Å². The van der Waals surface area contributed by atoms with Crippen molar-refractivity contribution in [2.75, 3.05) is 0 Å². The molecule has 0 radical (unpaired) electrons. The first-order valence-corrected chi connectivity index (χ1v) is 7.56. The number of benzene rings is 2. The van der Waals surface area contributed by atoms with Crippen LogP contribution in [0.1, 0.15) is 43.6 Å². The lowest BCUT2D eigenvalue weighted by Gasteiger charge is -2.22. The molecule has 3 heteroatoms. The summed E-state index contributed by atoms with van der Waals surface area (Å²) in [6.07, 6.45) is -0.787. The molecule has 2 atom stereocenters. The molecule has 0 amide bonds. The summed E-state index contributed by atoms with van der Waals surface area (Å²) >= 11 is 0. The molecule has 1 N–H and O–H groups in total. The molecule has 0 fully saturated rings. The lowest BCUT2D eigenvalue weighted by Crippen LogP contribution is -2.18. The highest BCUT2D eigenvalue weighted by Gasteiger charge is 2.22. The molecule has 0 spiro atoms. The van der Waals surface area contributed by atoms with Gasteiger partial charge in [0.05, 0.1) is 12.0 Å². The van der Waals surface area contributed by atoms with Gasteiger partial charge in [-0.05, 0) is 11.1 Å². The van der Waals surface area contributed by atoms with Gasteiger partial charge >= 0.3 is 5.97 Å². The van der Waals surface area contributed by atoms with E-state index in [4.69, 9.17) is 4.74 Å². The molecule has 3 nitrogen and oxygen atoms in total. The van der Waals surface area contributed by atoms with Crippen LogP contribution < -0.4 is 0 Å². The smallest absolute Gasteiger partial charge is 0.308 e. The highest BCUT2D eigenvalue weighted by atomic mass is 16.5. The largest absolute Gasteiger partial charge is 0.457 e. The lowest BCUT2D eigenvalue weighted by atomic mass is 9.98. The van der Waals surface area contributed by atoms with Crippen LogP contribution in [0.25, 0.3) is 0 Å². The van der Waals surface area contributed by atoms with Gasteiger partial charge in [0, 0.05) is 6.42 Å². The Morgan fingerprint density at radius 1 is 0.955 bits per heavy atom. The fourth-order valence-corrected chi connectivity index (χ4v) is 2.21. The summed E-state index contributed by atoms with van der Waals surface area (Å²) in [5.41, 5.74) is 1.72. The second-order valence-corrected chi connectivity index (χ2v) is 5.65. The van der Waals surface area contributed by atoms with E-state index in [2.05, 4.69) is 0 Å². The van der Waals surface area contributed by atoms with Crippen molar-refractivity contribution in [3.63, 3.8) is 0 Å². The summed E-state index contributed by atoms with van der Waals surface area (Å²) in [5.74, 6) is -0.450. The second kappa shape index (κ2) is 7.76. The van der Waals surface area contributed by atoms with E-state index in [0.717, 1.165) is 11.1 Å². The summed E-state index contributed by atoms with van der Waals surface area (Å²) < 4.78 is 5.59. The van der Waals surface area contributed by atoms with Crippen molar-refractivity contribution in [1.29, 1.82) is 0 Å². The molecule has 0 heterocycles. The molecule has 0 unspecified atom stereocenters. The van der Waals surface area contributed by atoms with Gasteiger partial charge in [-0.15, -0.1) is 0 Å². The lowest BCUT2D eigenvalue weighted by molar-refractivity contribution is -0.154. The number of carbonyl (C=O) groups excluding carboxylic acids is 1. The van der Waals surface area contributed by atoms with Gasteiger partial charge in [0.2, 0.25) is 0 Å². The predicted molar refractivity (Wildman–Crippen MR) is 86.1 cm³/mol. The predicted octanol–water partition coefficient (Wildman–Crippen LogP) is 4.05. The Bertz CT molecular complexity index is 578. The number of rotatable bonds is 6. The number of carbonyl (C=O) groups is 1. The van der Waals surface area contributed by atoms with E-state index < -0.39 is 12.2 Å². The Balaban J connectivity index is 2.16. The van der Waals surface area contributed by atoms with Gasteiger partial charge in [0.25, 0.3) is 0 Å². The third-order valence-corrected chi connectivity index (χ3v) is 3.52. The molecule has 2 aromatic carbocycles. The molecule has 0 aliphatic rings. The fourth-order valence-electron chi connectivity index (χ4n) is 2.21. The number of esters is 1. The maximum Gasteiger partial charge on any atom is 0.308 e. The molecule has 22 heavy (non-hydrogen) atoms. The summed E-state index contributed by atoms with van der Waals surface area (Å²) in [7, 11) is 0. The normalized spacial score (nSPS) is 13.6. The van der Waals surface area contributed by atoms with Crippen LogP contribution in [0.2, 0.25) is 0 Å². The van der Waals surface area contributed by atoms with Crippen LogP contribution in [0.5, 0.6) is 0 Å².